The van der Waals surface area contributed by atoms with Crippen LogP contribution in [-0.4, -0.2) is 20.9 Å². The Hall–Kier alpha value is -3.49. The zero-order valence-electron chi connectivity index (χ0n) is 14.1. The molecule has 6 nitrogen and oxygen atoms in total. The molecule has 9 heteroatoms. The Morgan fingerprint density at radius 3 is 2.52 bits per heavy atom. The number of aryl methyl sites for hydroxylation is 1. The van der Waals surface area contributed by atoms with Crippen molar-refractivity contribution in [3.63, 3.8) is 0 Å². The second-order valence-electron chi connectivity index (χ2n) is 5.60. The molecule has 0 saturated carbocycles. The van der Waals surface area contributed by atoms with Crippen LogP contribution < -0.4 is 10.6 Å². The number of carbonyl (C=O) groups is 1. The van der Waals surface area contributed by atoms with Crippen molar-refractivity contribution in [2.45, 2.75) is 13.5 Å². The summed E-state index contributed by atoms with van der Waals surface area (Å²) in [6.45, 7) is 1.89. The molecule has 3 rings (SSSR count). The Morgan fingerprint density at radius 1 is 1.04 bits per heavy atom. The van der Waals surface area contributed by atoms with E-state index in [2.05, 4.69) is 25.6 Å². The molecule has 2 aromatic heterocycles. The quantitative estimate of drug-likeness (QED) is 0.671. The van der Waals surface area contributed by atoms with Gasteiger partial charge in [0.25, 0.3) is 5.91 Å². The van der Waals surface area contributed by atoms with Crippen molar-refractivity contribution in [2.75, 3.05) is 5.32 Å². The summed E-state index contributed by atoms with van der Waals surface area (Å²) < 4.78 is 40.2. The molecule has 0 bridgehead atoms. The number of halogens is 3. The van der Waals surface area contributed by atoms with Gasteiger partial charge in [0.2, 0.25) is 5.95 Å². The van der Waals surface area contributed by atoms with Crippen molar-refractivity contribution in [1.82, 2.24) is 20.3 Å². The fraction of sp³-hybridized carbons (Fsp3) is 0.111. The summed E-state index contributed by atoms with van der Waals surface area (Å²) in [6, 6.07) is 6.75. The van der Waals surface area contributed by atoms with Gasteiger partial charge in [-0.3, -0.25) is 9.78 Å². The predicted octanol–water partition coefficient (Wildman–Crippen LogP) is 3.27. The molecule has 0 atom stereocenters. The van der Waals surface area contributed by atoms with Gasteiger partial charge in [-0.2, -0.15) is 0 Å². The molecule has 0 unspecified atom stereocenters. The maximum absolute atomic E-state index is 13.8. The van der Waals surface area contributed by atoms with Crippen molar-refractivity contribution in [3.05, 3.63) is 77.1 Å². The predicted molar refractivity (Wildman–Crippen MR) is 91.8 cm³/mol. The minimum Gasteiger partial charge on any atom is -0.347 e. The van der Waals surface area contributed by atoms with Gasteiger partial charge in [0.1, 0.15) is 5.69 Å². The lowest BCUT2D eigenvalue weighted by atomic mass is 10.2. The van der Waals surface area contributed by atoms with Gasteiger partial charge in [0.15, 0.2) is 17.5 Å². The van der Waals surface area contributed by atoms with Crippen LogP contribution in [0.1, 0.15) is 21.7 Å². The number of aromatic nitrogens is 3. The Labute approximate surface area is 152 Å². The van der Waals surface area contributed by atoms with Crippen LogP contribution >= 0.6 is 0 Å². The summed E-state index contributed by atoms with van der Waals surface area (Å²) in [6.07, 6.45) is 3.21. The molecular weight excluding hydrogens is 359 g/mol. The minimum absolute atomic E-state index is 0.0436. The van der Waals surface area contributed by atoms with Gasteiger partial charge < -0.3 is 10.6 Å². The third-order valence-electron chi connectivity index (χ3n) is 3.57. The van der Waals surface area contributed by atoms with Gasteiger partial charge in [-0.05, 0) is 42.8 Å². The van der Waals surface area contributed by atoms with Crippen LogP contribution in [0.4, 0.5) is 24.8 Å². The van der Waals surface area contributed by atoms with Crippen LogP contribution in [0.5, 0.6) is 0 Å². The first-order valence-electron chi connectivity index (χ1n) is 7.87. The fourth-order valence-corrected chi connectivity index (χ4v) is 2.26. The molecular formula is C18H14F3N5O. The fourth-order valence-electron chi connectivity index (χ4n) is 2.26. The van der Waals surface area contributed by atoms with Crippen LogP contribution in [0.15, 0.2) is 42.7 Å². The van der Waals surface area contributed by atoms with Gasteiger partial charge >= 0.3 is 0 Å². The molecule has 0 aliphatic rings. The number of nitrogens with one attached hydrogen (secondary N) is 2. The highest BCUT2D eigenvalue weighted by Crippen LogP contribution is 2.22. The van der Waals surface area contributed by atoms with Crippen molar-refractivity contribution in [2.24, 2.45) is 0 Å². The van der Waals surface area contributed by atoms with Crippen LogP contribution in [0.2, 0.25) is 0 Å². The highest BCUT2D eigenvalue weighted by molar-refractivity contribution is 5.92. The summed E-state index contributed by atoms with van der Waals surface area (Å²) in [5.74, 6) is -4.90. The number of amides is 1. The van der Waals surface area contributed by atoms with Crippen molar-refractivity contribution in [1.29, 1.82) is 0 Å². The zero-order valence-corrected chi connectivity index (χ0v) is 14.1. The van der Waals surface area contributed by atoms with E-state index in [4.69, 9.17) is 0 Å². The molecule has 0 saturated heterocycles. The Bertz CT molecular complexity index is 982. The number of benzene rings is 1. The molecule has 2 N–H and O–H groups in total. The van der Waals surface area contributed by atoms with E-state index in [1.807, 2.05) is 0 Å². The number of pyridine rings is 1. The van der Waals surface area contributed by atoms with E-state index in [0.717, 1.165) is 17.7 Å². The number of rotatable bonds is 5. The molecule has 2 heterocycles. The smallest absolute Gasteiger partial charge is 0.270 e. The third kappa shape index (κ3) is 4.38. The first-order chi connectivity index (χ1) is 12.9. The summed E-state index contributed by atoms with van der Waals surface area (Å²) in [7, 11) is 0. The molecule has 0 radical (unpaired) electrons. The first kappa shape index (κ1) is 18.3. The summed E-state index contributed by atoms with van der Waals surface area (Å²) in [5, 5.41) is 5.15. The molecule has 3 aromatic rings. The molecule has 0 spiro atoms. The SMILES string of the molecule is Cc1cc(C(=O)NCc2ccncc2)nc(Nc2ccc(F)c(F)c2F)n1. The standard InChI is InChI=1S/C18H14F3N5O/c1-10-8-14(17(27)23-9-11-4-6-22-7-5-11)26-18(24-10)25-13-3-2-12(19)15(20)16(13)21/h2-8H,9H2,1H3,(H,23,27)(H,24,25,26). The monoisotopic (exact) mass is 373 g/mol. The van der Waals surface area contributed by atoms with Gasteiger partial charge in [0.05, 0.1) is 5.69 Å². The first-order valence-corrected chi connectivity index (χ1v) is 7.87. The van der Waals surface area contributed by atoms with Crippen LogP contribution in [-0.2, 0) is 6.54 Å². The number of nitrogens with zero attached hydrogens (tertiary/aromatic N) is 3. The Kier molecular flexibility index (Phi) is 5.30. The summed E-state index contributed by atoms with van der Waals surface area (Å²) in [4.78, 5) is 24.2. The molecule has 0 fully saturated rings. The van der Waals surface area contributed by atoms with E-state index < -0.39 is 23.4 Å². The molecule has 27 heavy (non-hydrogen) atoms. The highest BCUT2D eigenvalue weighted by atomic mass is 19.2. The molecule has 1 amide bonds. The largest absolute Gasteiger partial charge is 0.347 e. The maximum atomic E-state index is 13.8. The summed E-state index contributed by atoms with van der Waals surface area (Å²) in [5.41, 5.74) is 0.987. The maximum Gasteiger partial charge on any atom is 0.270 e. The van der Waals surface area contributed by atoms with E-state index >= 15 is 0 Å². The van der Waals surface area contributed by atoms with Gasteiger partial charge in [-0.1, -0.05) is 0 Å². The van der Waals surface area contributed by atoms with Gasteiger partial charge in [0, 0.05) is 24.6 Å². The molecule has 138 valence electrons. The third-order valence-corrected chi connectivity index (χ3v) is 3.57. The normalized spacial score (nSPS) is 10.5. The van der Waals surface area contributed by atoms with E-state index in [0.29, 0.717) is 5.69 Å². The average Bonchev–Trinajstić information content (AvgIpc) is 2.67. The number of hydrogen-bond acceptors (Lipinski definition) is 5. The molecule has 0 aliphatic heterocycles. The topological polar surface area (TPSA) is 79.8 Å². The van der Waals surface area contributed by atoms with Crippen molar-refractivity contribution in [3.8, 4) is 0 Å². The summed E-state index contributed by atoms with van der Waals surface area (Å²) >= 11 is 0. The van der Waals surface area contributed by atoms with Crippen molar-refractivity contribution >= 4 is 17.5 Å². The minimum atomic E-state index is -1.61. The average molecular weight is 373 g/mol. The molecule has 0 aliphatic carbocycles. The zero-order chi connectivity index (χ0) is 19.4. The second-order valence-corrected chi connectivity index (χ2v) is 5.60. The lowest BCUT2D eigenvalue weighted by Crippen LogP contribution is -2.24. The van der Waals surface area contributed by atoms with Crippen LogP contribution in [0, 0.1) is 24.4 Å². The lowest BCUT2D eigenvalue weighted by molar-refractivity contribution is 0.0945. The van der Waals surface area contributed by atoms with Crippen LogP contribution in [0.3, 0.4) is 0 Å². The Morgan fingerprint density at radius 2 is 1.78 bits per heavy atom. The van der Waals surface area contributed by atoms with E-state index in [1.54, 1.807) is 31.5 Å². The van der Waals surface area contributed by atoms with E-state index in [1.165, 1.54) is 6.07 Å². The van der Waals surface area contributed by atoms with Crippen LogP contribution in [0.25, 0.3) is 0 Å². The van der Waals surface area contributed by atoms with Crippen molar-refractivity contribution < 1.29 is 18.0 Å². The van der Waals surface area contributed by atoms with E-state index in [9.17, 15) is 18.0 Å². The molecule has 1 aromatic carbocycles. The second kappa shape index (κ2) is 7.81. The number of anilines is 2. The van der Waals surface area contributed by atoms with Gasteiger partial charge in [-0.15, -0.1) is 0 Å². The van der Waals surface area contributed by atoms with Gasteiger partial charge in [-0.25, -0.2) is 23.1 Å². The lowest BCUT2D eigenvalue weighted by Gasteiger charge is -2.10. The number of carbonyl (C=O) groups excluding carboxylic acids is 1. The Balaban J connectivity index is 1.78. The highest BCUT2D eigenvalue weighted by Gasteiger charge is 2.16. The van der Waals surface area contributed by atoms with E-state index in [-0.39, 0.29) is 23.9 Å². The number of hydrogen-bond donors (Lipinski definition) is 2.